The van der Waals surface area contributed by atoms with Gasteiger partial charge in [-0.05, 0) is 57.5 Å². The van der Waals surface area contributed by atoms with Crippen LogP contribution in [0, 0.1) is 5.41 Å². The fourth-order valence-electron chi connectivity index (χ4n) is 3.51. The summed E-state index contributed by atoms with van der Waals surface area (Å²) in [5.41, 5.74) is 0.882. The van der Waals surface area contributed by atoms with Crippen molar-refractivity contribution in [2.24, 2.45) is 5.41 Å². The Labute approximate surface area is 204 Å². The summed E-state index contributed by atoms with van der Waals surface area (Å²) in [6.07, 6.45) is 1.41. The molecule has 0 spiro atoms. The number of carbonyl (C=O) groups is 2. The molecule has 0 aliphatic rings. The van der Waals surface area contributed by atoms with Crippen LogP contribution in [0.15, 0.2) is 47.4 Å². The number of fused-ring (bicyclic) bond motifs is 1. The minimum atomic E-state index is -0.744. The molecule has 0 saturated heterocycles. The normalized spacial score (nSPS) is 11.2. The van der Waals surface area contributed by atoms with E-state index < -0.39 is 11.5 Å². The zero-order valence-corrected chi connectivity index (χ0v) is 20.7. The lowest BCUT2D eigenvalue weighted by molar-refractivity contribution is -0.153. The zero-order valence-electron chi connectivity index (χ0n) is 20.7. The highest BCUT2D eigenvalue weighted by Crippen LogP contribution is 2.34. The maximum Gasteiger partial charge on any atom is 0.411 e. The van der Waals surface area contributed by atoms with Crippen molar-refractivity contribution in [3.05, 3.63) is 52.9 Å². The predicted molar refractivity (Wildman–Crippen MR) is 134 cm³/mol. The van der Waals surface area contributed by atoms with E-state index in [0.717, 1.165) is 0 Å². The summed E-state index contributed by atoms with van der Waals surface area (Å²) in [6, 6.07) is 10.9. The van der Waals surface area contributed by atoms with E-state index in [1.54, 1.807) is 51.2 Å². The number of methoxy groups -OCH3 is 1. The molecule has 1 N–H and O–H groups in total. The molecular weight excluding hydrogens is 450 g/mol. The molecule has 186 valence electrons. The van der Waals surface area contributed by atoms with Crippen molar-refractivity contribution in [1.29, 1.82) is 0 Å². The molecule has 0 bridgehead atoms. The summed E-state index contributed by atoms with van der Waals surface area (Å²) in [6.45, 7) is 8.23. The van der Waals surface area contributed by atoms with Gasteiger partial charge in [-0.15, -0.1) is 0 Å². The lowest BCUT2D eigenvalue weighted by atomic mass is 9.97. The number of aryl methyl sites for hydroxylation is 1. The van der Waals surface area contributed by atoms with Crippen molar-refractivity contribution in [2.45, 2.75) is 40.7 Å². The van der Waals surface area contributed by atoms with Gasteiger partial charge in [0.05, 0.1) is 25.7 Å². The number of anilines is 1. The Bertz CT molecular complexity index is 1280. The monoisotopic (exact) mass is 481 g/mol. The first-order valence-corrected chi connectivity index (χ1v) is 11.4. The van der Waals surface area contributed by atoms with E-state index in [4.69, 9.17) is 14.2 Å². The topological polar surface area (TPSA) is 109 Å². The van der Waals surface area contributed by atoms with Crippen LogP contribution in [0.25, 0.3) is 22.2 Å². The number of amides is 1. The quantitative estimate of drug-likeness (QED) is 0.369. The lowest BCUT2D eigenvalue weighted by Gasteiger charge is -2.18. The van der Waals surface area contributed by atoms with E-state index in [1.807, 2.05) is 19.1 Å². The molecule has 0 saturated carbocycles. The van der Waals surface area contributed by atoms with E-state index in [0.29, 0.717) is 47.5 Å². The fraction of sp³-hybridized carbons (Fsp3) is 0.385. The molecule has 0 radical (unpaired) electrons. The predicted octanol–water partition coefficient (Wildman–Crippen LogP) is 4.62. The SMILES string of the molecule is CCn1c(=O)c(NC(=O)OC)c(-c2cccc(OCCCOC(=O)C(C)(C)C)c2)c2cccnc21. The summed E-state index contributed by atoms with van der Waals surface area (Å²) in [5.74, 6) is 0.317. The number of hydrogen-bond acceptors (Lipinski definition) is 7. The Kier molecular flexibility index (Phi) is 8.11. The van der Waals surface area contributed by atoms with Gasteiger partial charge < -0.3 is 14.2 Å². The van der Waals surface area contributed by atoms with Gasteiger partial charge in [-0.1, -0.05) is 12.1 Å². The number of aromatic nitrogens is 2. The molecule has 1 amide bonds. The van der Waals surface area contributed by atoms with E-state index >= 15 is 0 Å². The van der Waals surface area contributed by atoms with Crippen LogP contribution in [-0.4, -0.2) is 41.9 Å². The highest BCUT2D eigenvalue weighted by molar-refractivity contribution is 6.03. The van der Waals surface area contributed by atoms with Crippen LogP contribution in [0.3, 0.4) is 0 Å². The molecule has 9 heteroatoms. The van der Waals surface area contributed by atoms with Gasteiger partial charge in [-0.3, -0.25) is 19.5 Å². The van der Waals surface area contributed by atoms with Gasteiger partial charge in [-0.25, -0.2) is 9.78 Å². The lowest BCUT2D eigenvalue weighted by Crippen LogP contribution is -2.27. The third kappa shape index (κ3) is 5.98. The van der Waals surface area contributed by atoms with Crippen molar-refractivity contribution < 1.29 is 23.8 Å². The van der Waals surface area contributed by atoms with Crippen LogP contribution in [0.5, 0.6) is 5.75 Å². The Morgan fingerprint density at radius 1 is 1.11 bits per heavy atom. The van der Waals surface area contributed by atoms with E-state index in [1.165, 1.54) is 11.7 Å². The Morgan fingerprint density at radius 2 is 1.89 bits per heavy atom. The maximum absolute atomic E-state index is 13.3. The van der Waals surface area contributed by atoms with Crippen molar-refractivity contribution in [3.8, 4) is 16.9 Å². The summed E-state index contributed by atoms with van der Waals surface area (Å²) in [4.78, 5) is 41.7. The number of pyridine rings is 2. The third-order valence-corrected chi connectivity index (χ3v) is 5.28. The van der Waals surface area contributed by atoms with Gasteiger partial charge in [-0.2, -0.15) is 0 Å². The summed E-state index contributed by atoms with van der Waals surface area (Å²) in [5, 5.41) is 3.28. The van der Waals surface area contributed by atoms with Gasteiger partial charge in [0.15, 0.2) is 0 Å². The fourth-order valence-corrected chi connectivity index (χ4v) is 3.51. The highest BCUT2D eigenvalue weighted by atomic mass is 16.5. The van der Waals surface area contributed by atoms with E-state index in [-0.39, 0.29) is 23.8 Å². The smallest absolute Gasteiger partial charge is 0.411 e. The second-order valence-electron chi connectivity index (χ2n) is 8.91. The zero-order chi connectivity index (χ0) is 25.6. The molecule has 0 aliphatic carbocycles. The van der Waals surface area contributed by atoms with Gasteiger partial charge in [0.2, 0.25) is 0 Å². The van der Waals surface area contributed by atoms with Gasteiger partial charge in [0.25, 0.3) is 5.56 Å². The standard InChI is InChI=1S/C26H31N3O6/c1-6-29-22-19(12-8-13-27-22)20(21(23(29)30)28-25(32)33-5)17-10-7-11-18(16-17)34-14-9-15-35-24(31)26(2,3)4/h7-8,10-13,16H,6,9,14-15H2,1-5H3,(H,28,32). The molecule has 2 heterocycles. The molecule has 0 fully saturated rings. The number of nitrogens with zero attached hydrogens (tertiary/aromatic N) is 2. The molecule has 1 aromatic carbocycles. The summed E-state index contributed by atoms with van der Waals surface area (Å²) >= 11 is 0. The molecule has 0 unspecified atom stereocenters. The second kappa shape index (κ2) is 11.0. The number of esters is 1. The van der Waals surface area contributed by atoms with Gasteiger partial charge >= 0.3 is 12.1 Å². The number of benzene rings is 1. The van der Waals surface area contributed by atoms with Crippen LogP contribution in [0.1, 0.15) is 34.1 Å². The van der Waals surface area contributed by atoms with Crippen LogP contribution < -0.4 is 15.6 Å². The Hall–Kier alpha value is -3.88. The average molecular weight is 482 g/mol. The van der Waals surface area contributed by atoms with Gasteiger partial charge in [0, 0.05) is 30.1 Å². The first-order valence-electron chi connectivity index (χ1n) is 11.4. The number of nitrogens with one attached hydrogen (secondary N) is 1. The first-order chi connectivity index (χ1) is 16.7. The van der Waals surface area contributed by atoms with Crippen molar-refractivity contribution >= 4 is 28.8 Å². The van der Waals surface area contributed by atoms with Crippen LogP contribution in [0.2, 0.25) is 0 Å². The largest absolute Gasteiger partial charge is 0.493 e. The number of carbonyl (C=O) groups excluding carboxylic acids is 2. The van der Waals surface area contributed by atoms with Crippen molar-refractivity contribution in [1.82, 2.24) is 9.55 Å². The minimum absolute atomic E-state index is 0.102. The molecule has 0 aliphatic heterocycles. The van der Waals surface area contributed by atoms with Crippen molar-refractivity contribution in [3.63, 3.8) is 0 Å². The number of hydrogen-bond donors (Lipinski definition) is 1. The van der Waals surface area contributed by atoms with Crippen LogP contribution in [-0.2, 0) is 20.8 Å². The summed E-state index contributed by atoms with van der Waals surface area (Å²) < 4.78 is 17.4. The highest BCUT2D eigenvalue weighted by Gasteiger charge is 2.23. The van der Waals surface area contributed by atoms with E-state index in [2.05, 4.69) is 10.3 Å². The van der Waals surface area contributed by atoms with Crippen molar-refractivity contribution in [2.75, 3.05) is 25.6 Å². The molecule has 35 heavy (non-hydrogen) atoms. The summed E-state index contributed by atoms with van der Waals surface area (Å²) in [7, 11) is 1.24. The minimum Gasteiger partial charge on any atom is -0.493 e. The average Bonchev–Trinajstić information content (AvgIpc) is 2.83. The molecule has 2 aromatic heterocycles. The number of rotatable bonds is 8. The first kappa shape index (κ1) is 25.7. The Balaban J connectivity index is 1.92. The second-order valence-corrected chi connectivity index (χ2v) is 8.91. The molecular formula is C26H31N3O6. The molecule has 3 aromatic rings. The third-order valence-electron chi connectivity index (χ3n) is 5.28. The van der Waals surface area contributed by atoms with Gasteiger partial charge in [0.1, 0.15) is 17.1 Å². The maximum atomic E-state index is 13.3. The van der Waals surface area contributed by atoms with E-state index in [9.17, 15) is 14.4 Å². The Morgan fingerprint density at radius 3 is 2.57 bits per heavy atom. The molecule has 9 nitrogen and oxygen atoms in total. The molecule has 0 atom stereocenters. The van der Waals surface area contributed by atoms with Crippen LogP contribution >= 0.6 is 0 Å². The number of ether oxygens (including phenoxy) is 3. The molecule has 3 rings (SSSR count). The van der Waals surface area contributed by atoms with Crippen LogP contribution in [0.4, 0.5) is 10.5 Å².